The minimum absolute atomic E-state index is 0.0306. The molecule has 0 bridgehead atoms. The first-order chi connectivity index (χ1) is 14.0. The number of hydrogen-bond donors (Lipinski definition) is 1. The zero-order chi connectivity index (χ0) is 21.9. The summed E-state index contributed by atoms with van der Waals surface area (Å²) in [7, 11) is 0. The van der Waals surface area contributed by atoms with Crippen LogP contribution < -0.4 is 0 Å². The molecule has 0 unspecified atom stereocenters. The number of ketones is 2. The number of fused-ring (bicyclic) bond motifs is 5. The highest BCUT2D eigenvalue weighted by molar-refractivity contribution is 5.96. The van der Waals surface area contributed by atoms with Crippen LogP contribution in [0.5, 0.6) is 0 Å². The summed E-state index contributed by atoms with van der Waals surface area (Å²) in [6.07, 6.45) is 10.7. The van der Waals surface area contributed by atoms with Gasteiger partial charge in [-0.25, -0.2) is 0 Å². The lowest BCUT2D eigenvalue weighted by molar-refractivity contribution is -0.203. The molecule has 0 aromatic rings. The Morgan fingerprint density at radius 2 is 1.73 bits per heavy atom. The van der Waals surface area contributed by atoms with E-state index < -0.39 is 11.0 Å². The zero-order valence-corrected chi connectivity index (χ0v) is 20.0. The average Bonchev–Trinajstić information content (AvgIpc) is 3.01. The second-order valence-corrected chi connectivity index (χ2v) is 12.5. The molecule has 0 spiro atoms. The van der Waals surface area contributed by atoms with Crippen molar-refractivity contribution in [3.05, 3.63) is 0 Å². The normalized spacial score (nSPS) is 47.0. The molecule has 4 fully saturated rings. The van der Waals surface area contributed by atoms with Crippen LogP contribution in [0.2, 0.25) is 0 Å². The van der Waals surface area contributed by atoms with Gasteiger partial charge in [-0.2, -0.15) is 0 Å². The average molecular weight is 417 g/mol. The fraction of sp³-hybridized carbons (Fsp3) is 0.926. The van der Waals surface area contributed by atoms with Crippen LogP contribution in [0, 0.1) is 46.3 Å². The summed E-state index contributed by atoms with van der Waals surface area (Å²) in [6.45, 7) is 11.8. The number of hydrogen-bond acceptors (Lipinski definition) is 3. The van der Waals surface area contributed by atoms with Crippen LogP contribution in [0.3, 0.4) is 0 Å². The summed E-state index contributed by atoms with van der Waals surface area (Å²) in [4.78, 5) is 25.4. The van der Waals surface area contributed by atoms with E-state index >= 15 is 0 Å². The molecule has 3 heteroatoms. The van der Waals surface area contributed by atoms with Gasteiger partial charge in [0, 0.05) is 24.7 Å². The van der Waals surface area contributed by atoms with E-state index in [0.29, 0.717) is 42.4 Å². The molecule has 0 aromatic heterocycles. The van der Waals surface area contributed by atoms with E-state index in [-0.39, 0.29) is 18.0 Å². The highest BCUT2D eigenvalue weighted by Gasteiger charge is 2.67. The van der Waals surface area contributed by atoms with Gasteiger partial charge in [0.1, 0.15) is 11.4 Å². The van der Waals surface area contributed by atoms with Gasteiger partial charge in [0.2, 0.25) is 0 Å². The molecule has 8 atom stereocenters. The van der Waals surface area contributed by atoms with Crippen LogP contribution in [0.1, 0.15) is 105 Å². The van der Waals surface area contributed by atoms with Crippen molar-refractivity contribution < 1.29 is 14.7 Å². The van der Waals surface area contributed by atoms with Crippen molar-refractivity contribution in [2.24, 2.45) is 46.3 Å². The molecule has 0 aliphatic heterocycles. The van der Waals surface area contributed by atoms with E-state index in [0.717, 1.165) is 24.2 Å². The third-order valence-electron chi connectivity index (χ3n) is 10.7. The molecule has 4 aliphatic carbocycles. The van der Waals surface area contributed by atoms with Crippen LogP contribution >= 0.6 is 0 Å². The molecule has 4 saturated carbocycles. The van der Waals surface area contributed by atoms with Crippen molar-refractivity contribution in [1.82, 2.24) is 0 Å². The molecule has 4 rings (SSSR count). The molecule has 1 N–H and O–H groups in total. The second-order valence-electron chi connectivity index (χ2n) is 12.5. The van der Waals surface area contributed by atoms with Crippen LogP contribution in [0.4, 0.5) is 0 Å². The molecule has 3 nitrogen and oxygen atoms in total. The summed E-state index contributed by atoms with van der Waals surface area (Å²) in [6, 6.07) is 0. The Balaban J connectivity index is 1.54. The van der Waals surface area contributed by atoms with Gasteiger partial charge in [-0.15, -0.1) is 0 Å². The van der Waals surface area contributed by atoms with Crippen LogP contribution in [-0.4, -0.2) is 22.3 Å². The van der Waals surface area contributed by atoms with Crippen molar-refractivity contribution in [2.45, 2.75) is 111 Å². The van der Waals surface area contributed by atoms with Crippen LogP contribution in [0.15, 0.2) is 0 Å². The standard InChI is InChI=1S/C27H44O3/c1-17(2)7-6-8-18(3)21-9-10-22-20-15-24(29)27(30)16-19(28)11-14-26(27,5)23(20)12-13-25(21,22)4/h17-18,20-23,30H,6-16H2,1-5H3/t18-,20+,21+,22-,23-,25+,26+,27-/m0/s1. The largest absolute Gasteiger partial charge is 0.381 e. The van der Waals surface area contributed by atoms with E-state index in [1.807, 2.05) is 0 Å². The predicted octanol–water partition coefficient (Wildman–Crippen LogP) is 5.97. The summed E-state index contributed by atoms with van der Waals surface area (Å²) in [5.74, 6) is 3.76. The van der Waals surface area contributed by atoms with E-state index in [1.165, 1.54) is 38.5 Å². The monoisotopic (exact) mass is 416 g/mol. The molecule has 0 radical (unpaired) electrons. The maximum absolute atomic E-state index is 13.3. The minimum atomic E-state index is -1.40. The van der Waals surface area contributed by atoms with Crippen molar-refractivity contribution in [3.63, 3.8) is 0 Å². The van der Waals surface area contributed by atoms with E-state index in [4.69, 9.17) is 0 Å². The smallest absolute Gasteiger partial charge is 0.165 e. The number of carbonyl (C=O) groups excluding carboxylic acids is 2. The molecule has 0 amide bonds. The third kappa shape index (κ3) is 3.24. The quantitative estimate of drug-likeness (QED) is 0.600. The molecule has 0 heterocycles. The van der Waals surface area contributed by atoms with Gasteiger partial charge < -0.3 is 5.11 Å². The maximum atomic E-state index is 13.3. The Bertz CT molecular complexity index is 698. The number of Topliss-reactive ketones (excluding diaryl/α,β-unsaturated/α-hetero) is 2. The lowest BCUT2D eigenvalue weighted by atomic mass is 9.42. The van der Waals surface area contributed by atoms with Crippen molar-refractivity contribution in [1.29, 1.82) is 0 Å². The molecule has 0 aromatic carbocycles. The molecular weight excluding hydrogens is 372 g/mol. The Morgan fingerprint density at radius 1 is 1.00 bits per heavy atom. The van der Waals surface area contributed by atoms with Gasteiger partial charge in [0.25, 0.3) is 0 Å². The molecule has 4 aliphatic rings. The first-order valence-corrected chi connectivity index (χ1v) is 12.8. The Kier molecular flexibility index (Phi) is 5.78. The van der Waals surface area contributed by atoms with Gasteiger partial charge in [-0.05, 0) is 73.0 Å². The molecule has 0 saturated heterocycles. The van der Waals surface area contributed by atoms with Crippen molar-refractivity contribution in [3.8, 4) is 0 Å². The van der Waals surface area contributed by atoms with Crippen LogP contribution in [-0.2, 0) is 9.59 Å². The van der Waals surface area contributed by atoms with Gasteiger partial charge >= 0.3 is 0 Å². The Labute approximate surface area is 183 Å². The fourth-order valence-electron chi connectivity index (χ4n) is 8.86. The second kappa shape index (κ2) is 7.71. The maximum Gasteiger partial charge on any atom is 0.165 e. The first-order valence-electron chi connectivity index (χ1n) is 12.8. The van der Waals surface area contributed by atoms with Gasteiger partial charge in [0.05, 0.1) is 0 Å². The number of carbonyl (C=O) groups is 2. The first kappa shape index (κ1) is 22.5. The van der Waals surface area contributed by atoms with Crippen molar-refractivity contribution in [2.75, 3.05) is 0 Å². The third-order valence-corrected chi connectivity index (χ3v) is 10.7. The van der Waals surface area contributed by atoms with Crippen molar-refractivity contribution >= 4 is 11.6 Å². The highest BCUT2D eigenvalue weighted by atomic mass is 16.3. The van der Waals surface area contributed by atoms with E-state index in [9.17, 15) is 14.7 Å². The number of rotatable bonds is 5. The van der Waals surface area contributed by atoms with Crippen LogP contribution in [0.25, 0.3) is 0 Å². The Hall–Kier alpha value is -0.700. The minimum Gasteiger partial charge on any atom is -0.381 e. The van der Waals surface area contributed by atoms with Gasteiger partial charge in [0.15, 0.2) is 5.78 Å². The lowest BCUT2D eigenvalue weighted by Gasteiger charge is -2.62. The SMILES string of the molecule is CC(C)CCC[C@H](C)[C@H]1CC[C@H]2[C@H]3CC(=O)[C@@]4(O)CC(=O)CC[C@]4(C)[C@H]3CC[C@]12C. The van der Waals surface area contributed by atoms with E-state index in [2.05, 4.69) is 34.6 Å². The van der Waals surface area contributed by atoms with Gasteiger partial charge in [-0.3, -0.25) is 9.59 Å². The molecule has 170 valence electrons. The summed E-state index contributed by atoms with van der Waals surface area (Å²) < 4.78 is 0. The Morgan fingerprint density at radius 3 is 2.43 bits per heavy atom. The highest BCUT2D eigenvalue weighted by Crippen LogP contribution is 2.68. The summed E-state index contributed by atoms with van der Waals surface area (Å²) in [5, 5.41) is 11.4. The zero-order valence-electron chi connectivity index (χ0n) is 20.0. The summed E-state index contributed by atoms with van der Waals surface area (Å²) >= 11 is 0. The van der Waals surface area contributed by atoms with Gasteiger partial charge in [-0.1, -0.05) is 53.9 Å². The number of aliphatic hydroxyl groups is 1. The molecular formula is C27H44O3. The van der Waals surface area contributed by atoms with E-state index in [1.54, 1.807) is 0 Å². The summed E-state index contributed by atoms with van der Waals surface area (Å²) in [5.41, 5.74) is -1.47. The molecule has 30 heavy (non-hydrogen) atoms. The lowest BCUT2D eigenvalue weighted by Crippen LogP contribution is -2.66. The fourth-order valence-corrected chi connectivity index (χ4v) is 8.86. The predicted molar refractivity (Wildman–Crippen MR) is 120 cm³/mol. The topological polar surface area (TPSA) is 54.4 Å².